The smallest absolute Gasteiger partial charge is 0.410 e. The third-order valence-electron chi connectivity index (χ3n) is 6.86. The Kier molecular flexibility index (Phi) is 7.95. The fourth-order valence-corrected chi connectivity index (χ4v) is 4.97. The van der Waals surface area contributed by atoms with Crippen LogP contribution in [-0.2, 0) is 16.1 Å². The van der Waals surface area contributed by atoms with Crippen molar-refractivity contribution >= 4 is 23.6 Å². The Morgan fingerprint density at radius 1 is 1.11 bits per heavy atom. The molecule has 1 aromatic heterocycles. The van der Waals surface area contributed by atoms with E-state index in [1.165, 1.54) is 0 Å². The van der Waals surface area contributed by atoms with Crippen LogP contribution in [0.3, 0.4) is 0 Å². The summed E-state index contributed by atoms with van der Waals surface area (Å²) in [5.74, 6) is 1.64. The first kappa shape index (κ1) is 26.5. The molecule has 0 N–H and O–H groups in total. The normalized spacial score (nSPS) is 20.0. The predicted molar refractivity (Wildman–Crippen MR) is 139 cm³/mol. The van der Waals surface area contributed by atoms with Gasteiger partial charge in [0.2, 0.25) is 11.8 Å². The first-order valence-corrected chi connectivity index (χ1v) is 13.1. The summed E-state index contributed by atoms with van der Waals surface area (Å²) in [7, 11) is 0. The van der Waals surface area contributed by atoms with Crippen molar-refractivity contribution in [2.75, 3.05) is 32.7 Å². The van der Waals surface area contributed by atoms with Crippen molar-refractivity contribution in [1.82, 2.24) is 19.7 Å². The summed E-state index contributed by atoms with van der Waals surface area (Å²) in [6.07, 6.45) is 1.33. The summed E-state index contributed by atoms with van der Waals surface area (Å²) in [5.41, 5.74) is 1.30. The molecule has 1 aromatic carbocycles. The summed E-state index contributed by atoms with van der Waals surface area (Å²) in [5, 5.41) is 0.680. The van der Waals surface area contributed by atoms with E-state index in [-0.39, 0.29) is 24.0 Å². The van der Waals surface area contributed by atoms with Gasteiger partial charge in [-0.15, -0.1) is 0 Å². The van der Waals surface area contributed by atoms with Crippen molar-refractivity contribution in [2.45, 2.75) is 65.6 Å². The first-order chi connectivity index (χ1) is 17.0. The molecule has 8 nitrogen and oxygen atoms in total. The Labute approximate surface area is 218 Å². The van der Waals surface area contributed by atoms with Crippen molar-refractivity contribution in [1.29, 1.82) is 0 Å². The van der Waals surface area contributed by atoms with E-state index in [0.717, 1.165) is 42.9 Å². The van der Waals surface area contributed by atoms with Gasteiger partial charge in [-0.05, 0) is 84.8 Å². The molecule has 0 spiro atoms. The van der Waals surface area contributed by atoms with E-state index in [0.29, 0.717) is 37.1 Å². The zero-order chi connectivity index (χ0) is 26.0. The van der Waals surface area contributed by atoms with Gasteiger partial charge in [-0.3, -0.25) is 9.69 Å². The van der Waals surface area contributed by atoms with Crippen molar-refractivity contribution < 1.29 is 18.7 Å². The number of carbonyl (C=O) groups is 2. The zero-order valence-electron chi connectivity index (χ0n) is 21.9. The molecule has 3 heterocycles. The Balaban J connectivity index is 1.27. The minimum Gasteiger partial charge on any atom is -0.444 e. The number of halogens is 1. The van der Waals surface area contributed by atoms with E-state index in [9.17, 15) is 9.59 Å². The van der Waals surface area contributed by atoms with Crippen molar-refractivity contribution in [3.63, 3.8) is 0 Å². The second kappa shape index (κ2) is 10.8. The largest absolute Gasteiger partial charge is 0.444 e. The SMILES string of the molecule is Cc1oc(-c2ccc(Cl)cc2)nc1CN1CCC(C(=O)N2CCN(C(=O)OC(C)(C)C)[C@H](C)C2)CC1. The van der Waals surface area contributed by atoms with E-state index in [1.54, 1.807) is 4.90 Å². The number of likely N-dealkylation sites (tertiary alicyclic amines) is 1. The van der Waals surface area contributed by atoms with Crippen LogP contribution in [0.2, 0.25) is 5.02 Å². The molecule has 2 fully saturated rings. The Hall–Kier alpha value is -2.58. The third-order valence-corrected chi connectivity index (χ3v) is 7.11. The zero-order valence-corrected chi connectivity index (χ0v) is 22.7. The molecular weight excluding hydrogens is 480 g/mol. The van der Waals surface area contributed by atoms with E-state index in [1.807, 2.05) is 63.8 Å². The molecule has 2 aliphatic heterocycles. The second-order valence-electron chi connectivity index (χ2n) is 10.9. The number of piperidine rings is 1. The number of aromatic nitrogens is 1. The first-order valence-electron chi connectivity index (χ1n) is 12.7. The van der Waals surface area contributed by atoms with Crippen LogP contribution in [0.1, 0.15) is 52.0 Å². The number of benzene rings is 1. The van der Waals surface area contributed by atoms with Crippen LogP contribution in [0, 0.1) is 12.8 Å². The molecule has 1 atom stereocenters. The standard InChI is InChI=1S/C27H37ClN4O4/c1-18-16-31(14-15-32(18)26(34)36-27(3,4)5)25(33)21-10-12-30(13-11-21)17-23-19(2)35-24(29-23)20-6-8-22(28)9-7-20/h6-9,18,21H,10-17H2,1-5H3/t18-/m1/s1. The van der Waals surface area contributed by atoms with Gasteiger partial charge in [0.15, 0.2) is 0 Å². The van der Waals surface area contributed by atoms with Gasteiger partial charge < -0.3 is 19.0 Å². The number of aryl methyl sites for hydroxylation is 1. The summed E-state index contributed by atoms with van der Waals surface area (Å²) in [6.45, 7) is 13.5. The average molecular weight is 517 g/mol. The molecule has 4 rings (SSSR count). The number of hydrogen-bond acceptors (Lipinski definition) is 6. The van der Waals surface area contributed by atoms with Gasteiger partial charge in [0.05, 0.1) is 5.69 Å². The third kappa shape index (κ3) is 6.40. The quantitative estimate of drug-likeness (QED) is 0.570. The fourth-order valence-electron chi connectivity index (χ4n) is 4.85. The highest BCUT2D eigenvalue weighted by atomic mass is 35.5. The van der Waals surface area contributed by atoms with E-state index in [2.05, 4.69) is 4.90 Å². The second-order valence-corrected chi connectivity index (χ2v) is 11.3. The Morgan fingerprint density at radius 3 is 2.39 bits per heavy atom. The van der Waals surface area contributed by atoms with Gasteiger partial charge in [-0.2, -0.15) is 0 Å². The van der Waals surface area contributed by atoms with Crippen LogP contribution in [-0.4, -0.2) is 76.1 Å². The van der Waals surface area contributed by atoms with Crippen molar-refractivity contribution in [3.05, 3.63) is 40.7 Å². The van der Waals surface area contributed by atoms with Crippen LogP contribution in [0.25, 0.3) is 11.5 Å². The van der Waals surface area contributed by atoms with Crippen LogP contribution in [0.5, 0.6) is 0 Å². The molecule has 0 unspecified atom stereocenters. The van der Waals surface area contributed by atoms with Crippen LogP contribution in [0.4, 0.5) is 4.79 Å². The van der Waals surface area contributed by atoms with Crippen molar-refractivity contribution in [2.24, 2.45) is 5.92 Å². The lowest BCUT2D eigenvalue weighted by Gasteiger charge is -2.42. The number of piperazine rings is 1. The number of rotatable bonds is 4. The molecule has 0 radical (unpaired) electrons. The highest BCUT2D eigenvalue weighted by Gasteiger charge is 2.35. The topological polar surface area (TPSA) is 79.1 Å². The lowest BCUT2D eigenvalue weighted by molar-refractivity contribution is -0.140. The number of oxazole rings is 1. The Bertz CT molecular complexity index is 1070. The molecule has 0 bridgehead atoms. The number of amides is 2. The van der Waals surface area contributed by atoms with Crippen LogP contribution < -0.4 is 0 Å². The molecule has 0 saturated carbocycles. The number of carbonyl (C=O) groups excluding carboxylic acids is 2. The molecular formula is C27H37ClN4O4. The number of hydrogen-bond donors (Lipinski definition) is 0. The van der Waals surface area contributed by atoms with E-state index in [4.69, 9.17) is 25.7 Å². The Morgan fingerprint density at radius 2 is 1.78 bits per heavy atom. The molecule has 0 aliphatic carbocycles. The fraction of sp³-hybridized carbons (Fsp3) is 0.593. The van der Waals surface area contributed by atoms with Gasteiger partial charge in [-0.25, -0.2) is 9.78 Å². The molecule has 2 aliphatic rings. The average Bonchev–Trinajstić information content (AvgIpc) is 3.18. The molecule has 2 aromatic rings. The minimum absolute atomic E-state index is 0.0181. The van der Waals surface area contributed by atoms with E-state index < -0.39 is 5.60 Å². The van der Waals surface area contributed by atoms with Gasteiger partial charge in [0.1, 0.15) is 11.4 Å². The van der Waals surface area contributed by atoms with Crippen LogP contribution in [0.15, 0.2) is 28.7 Å². The summed E-state index contributed by atoms with van der Waals surface area (Å²) < 4.78 is 11.4. The van der Waals surface area contributed by atoms with Crippen molar-refractivity contribution in [3.8, 4) is 11.5 Å². The van der Waals surface area contributed by atoms with Gasteiger partial charge in [-0.1, -0.05) is 11.6 Å². The maximum absolute atomic E-state index is 13.2. The maximum atomic E-state index is 13.2. The predicted octanol–water partition coefficient (Wildman–Crippen LogP) is 4.98. The maximum Gasteiger partial charge on any atom is 0.410 e. The summed E-state index contributed by atoms with van der Waals surface area (Å²) in [6, 6.07) is 7.40. The summed E-state index contributed by atoms with van der Waals surface area (Å²) >= 11 is 5.99. The van der Waals surface area contributed by atoms with Gasteiger partial charge >= 0.3 is 6.09 Å². The highest BCUT2D eigenvalue weighted by molar-refractivity contribution is 6.30. The number of nitrogens with zero attached hydrogens (tertiary/aromatic N) is 4. The van der Waals surface area contributed by atoms with E-state index >= 15 is 0 Å². The van der Waals surface area contributed by atoms with Gasteiger partial charge in [0.25, 0.3) is 0 Å². The minimum atomic E-state index is -0.528. The monoisotopic (exact) mass is 516 g/mol. The lowest BCUT2D eigenvalue weighted by Crippen LogP contribution is -2.57. The molecule has 2 amide bonds. The van der Waals surface area contributed by atoms with Gasteiger partial charge in [0, 0.05) is 48.7 Å². The lowest BCUT2D eigenvalue weighted by atomic mass is 9.94. The summed E-state index contributed by atoms with van der Waals surface area (Å²) in [4.78, 5) is 36.4. The highest BCUT2D eigenvalue weighted by Crippen LogP contribution is 2.27. The molecule has 2 saturated heterocycles. The number of ether oxygens (including phenoxy) is 1. The molecule has 9 heteroatoms. The molecule has 196 valence electrons. The van der Waals surface area contributed by atoms with Crippen LogP contribution >= 0.6 is 11.6 Å². The molecule has 36 heavy (non-hydrogen) atoms.